The first-order chi connectivity index (χ1) is 28.7. The van der Waals surface area contributed by atoms with Crippen molar-refractivity contribution in [2.45, 2.75) is 6.92 Å². The summed E-state index contributed by atoms with van der Waals surface area (Å²) in [4.78, 5) is 0. The molecule has 0 atom stereocenters. The first-order valence-electron chi connectivity index (χ1n) is 19.9. The number of hydrogen-bond acceptors (Lipinski definition) is 2. The van der Waals surface area contributed by atoms with Crippen LogP contribution in [0.5, 0.6) is 23.0 Å². The van der Waals surface area contributed by atoms with Crippen molar-refractivity contribution in [2.75, 3.05) is 0 Å². The van der Waals surface area contributed by atoms with Crippen LogP contribution in [0.15, 0.2) is 206 Å². The van der Waals surface area contributed by atoms with Crippen molar-refractivity contribution in [3.63, 3.8) is 0 Å². The minimum absolute atomic E-state index is 0.0855. The van der Waals surface area contributed by atoms with E-state index in [1.54, 1.807) is 0 Å². The Labute approximate surface area is 339 Å². The molecule has 0 aromatic heterocycles. The van der Waals surface area contributed by atoms with Crippen molar-refractivity contribution in [1.82, 2.24) is 0 Å². The summed E-state index contributed by atoms with van der Waals surface area (Å²) in [5.74, 6) is 3.40. The highest BCUT2D eigenvalue weighted by Gasteiger charge is 2.42. The third-order valence-electron chi connectivity index (χ3n) is 11.7. The van der Waals surface area contributed by atoms with Gasteiger partial charge < -0.3 is 9.47 Å². The molecule has 0 saturated heterocycles. The third kappa shape index (κ3) is 5.83. The number of fused-ring (bicyclic) bond motifs is 4. The second-order valence-electron chi connectivity index (χ2n) is 15.3. The van der Waals surface area contributed by atoms with Gasteiger partial charge in [0.05, 0.1) is 0 Å². The number of ether oxygens (including phenoxy) is 2. The summed E-state index contributed by atoms with van der Waals surface area (Å²) in [6.45, 7) is 2.10. The normalized spacial score (nSPS) is 12.1. The lowest BCUT2D eigenvalue weighted by Gasteiger charge is -2.35. The average Bonchev–Trinajstić information content (AvgIpc) is 3.29. The van der Waals surface area contributed by atoms with Crippen molar-refractivity contribution >= 4 is 23.1 Å². The molecule has 2 heterocycles. The monoisotopic (exact) mass is 740 g/mol. The van der Waals surface area contributed by atoms with Crippen LogP contribution in [0.1, 0.15) is 5.56 Å². The van der Waals surface area contributed by atoms with Gasteiger partial charge in [0, 0.05) is 16.6 Å². The zero-order chi connectivity index (χ0) is 38.6. The van der Waals surface area contributed by atoms with Crippen LogP contribution in [0.4, 0.5) is 0 Å². The van der Waals surface area contributed by atoms with Crippen LogP contribution in [0.25, 0.3) is 66.8 Å². The summed E-state index contributed by atoms with van der Waals surface area (Å²) in [5.41, 5.74) is 18.0. The van der Waals surface area contributed by atoms with Crippen molar-refractivity contribution in [1.29, 1.82) is 0 Å². The van der Waals surface area contributed by atoms with E-state index in [1.165, 1.54) is 11.1 Å². The average molecular weight is 741 g/mol. The van der Waals surface area contributed by atoms with Gasteiger partial charge in [0.2, 0.25) is 0 Å². The van der Waals surface area contributed by atoms with Gasteiger partial charge in [0.1, 0.15) is 23.0 Å². The molecule has 3 heteroatoms. The minimum atomic E-state index is -0.0855. The van der Waals surface area contributed by atoms with Crippen LogP contribution < -0.4 is 25.9 Å². The molecule has 9 aromatic carbocycles. The van der Waals surface area contributed by atoms with Crippen molar-refractivity contribution in [3.8, 4) is 89.8 Å². The van der Waals surface area contributed by atoms with E-state index < -0.39 is 0 Å². The van der Waals surface area contributed by atoms with Crippen LogP contribution in [0, 0.1) is 6.92 Å². The first-order valence-corrected chi connectivity index (χ1v) is 19.9. The maximum absolute atomic E-state index is 7.14. The highest BCUT2D eigenvalue weighted by Crippen LogP contribution is 2.48. The molecule has 11 rings (SSSR count). The van der Waals surface area contributed by atoms with Gasteiger partial charge in [-0.1, -0.05) is 152 Å². The standard InChI is InChI=1S/C55H37BO2/c1-36-17-11-12-24-46(36)43-30-42(39-22-9-4-10-23-39)33-45(34-43)48-35-47(44-31-40(37-18-5-2-6-19-37)29-41(32-44)38-20-7-3-8-21-38)54-53-55(48)58-52-28-16-14-26-50(52)56(53)49-25-13-15-27-51(49)57-54/h2-35H,1H3. The van der Waals surface area contributed by atoms with Crippen LogP contribution in [0.3, 0.4) is 0 Å². The molecule has 58 heavy (non-hydrogen) atoms. The molecule has 0 amide bonds. The van der Waals surface area contributed by atoms with Gasteiger partial charge in [0.25, 0.3) is 6.71 Å². The van der Waals surface area contributed by atoms with Gasteiger partial charge >= 0.3 is 0 Å². The van der Waals surface area contributed by atoms with E-state index in [2.05, 4.69) is 213 Å². The number of rotatable bonds is 6. The predicted octanol–water partition coefficient (Wildman–Crippen LogP) is 12.7. The molecule has 272 valence electrons. The number of aryl methyl sites for hydroxylation is 1. The maximum Gasteiger partial charge on any atom is 0.260 e. The van der Waals surface area contributed by atoms with Gasteiger partial charge in [0.15, 0.2) is 0 Å². The Balaban J connectivity index is 1.24. The van der Waals surface area contributed by atoms with E-state index in [1.807, 2.05) is 0 Å². The highest BCUT2D eigenvalue weighted by atomic mass is 16.5. The van der Waals surface area contributed by atoms with Gasteiger partial charge in [-0.25, -0.2) is 0 Å². The van der Waals surface area contributed by atoms with Gasteiger partial charge in [-0.15, -0.1) is 0 Å². The lowest BCUT2D eigenvalue weighted by molar-refractivity contribution is 0.467. The molecule has 0 aliphatic carbocycles. The third-order valence-corrected chi connectivity index (χ3v) is 11.7. The number of hydrogen-bond donors (Lipinski definition) is 0. The lowest BCUT2D eigenvalue weighted by atomic mass is 9.34. The second-order valence-corrected chi connectivity index (χ2v) is 15.3. The summed E-state index contributed by atoms with van der Waals surface area (Å²) < 4.78 is 14.3. The SMILES string of the molecule is Cc1ccccc1-c1cc(-c2ccccc2)cc(-c2cc(-c3cc(-c4ccccc4)cc(-c4ccccc4)c3)c3c4c2Oc2ccccc2B4c2ccccc2O3)c1. The molecule has 0 saturated carbocycles. The predicted molar refractivity (Wildman–Crippen MR) is 241 cm³/mol. The first kappa shape index (κ1) is 33.9. The lowest BCUT2D eigenvalue weighted by Crippen LogP contribution is -2.57. The number of para-hydroxylation sites is 2. The van der Waals surface area contributed by atoms with E-state index in [-0.39, 0.29) is 6.71 Å². The minimum Gasteiger partial charge on any atom is -0.458 e. The summed E-state index contributed by atoms with van der Waals surface area (Å²) in [5, 5.41) is 0. The molecule has 9 aromatic rings. The Morgan fingerprint density at radius 1 is 0.310 bits per heavy atom. The van der Waals surface area contributed by atoms with E-state index in [4.69, 9.17) is 9.47 Å². The Kier molecular flexibility index (Phi) is 8.18. The second kappa shape index (κ2) is 14.0. The maximum atomic E-state index is 7.14. The van der Waals surface area contributed by atoms with Crippen molar-refractivity contribution in [3.05, 3.63) is 212 Å². The topological polar surface area (TPSA) is 18.5 Å². The van der Waals surface area contributed by atoms with E-state index >= 15 is 0 Å². The molecule has 2 aliphatic heterocycles. The molecule has 0 bridgehead atoms. The molecule has 0 spiro atoms. The molecule has 2 nitrogen and oxygen atoms in total. The zero-order valence-corrected chi connectivity index (χ0v) is 32.0. The van der Waals surface area contributed by atoms with Gasteiger partial charge in [-0.3, -0.25) is 0 Å². The smallest absolute Gasteiger partial charge is 0.260 e. The number of benzene rings is 9. The van der Waals surface area contributed by atoms with Crippen LogP contribution in [-0.4, -0.2) is 6.71 Å². The fourth-order valence-electron chi connectivity index (χ4n) is 8.91. The van der Waals surface area contributed by atoms with Crippen LogP contribution in [-0.2, 0) is 0 Å². The highest BCUT2D eigenvalue weighted by molar-refractivity contribution is 6.98. The largest absolute Gasteiger partial charge is 0.458 e. The molecular weight excluding hydrogens is 703 g/mol. The van der Waals surface area contributed by atoms with E-state index in [9.17, 15) is 0 Å². The van der Waals surface area contributed by atoms with E-state index in [0.717, 1.165) is 101 Å². The van der Waals surface area contributed by atoms with Crippen molar-refractivity contribution < 1.29 is 9.47 Å². The van der Waals surface area contributed by atoms with Crippen LogP contribution >= 0.6 is 0 Å². The zero-order valence-electron chi connectivity index (χ0n) is 32.0. The Bertz CT molecular complexity index is 2940. The van der Waals surface area contributed by atoms with Crippen molar-refractivity contribution in [2.24, 2.45) is 0 Å². The molecule has 0 unspecified atom stereocenters. The van der Waals surface area contributed by atoms with Gasteiger partial charge in [-0.2, -0.15) is 0 Å². The molecular formula is C55H37BO2. The quantitative estimate of drug-likeness (QED) is 0.158. The van der Waals surface area contributed by atoms with E-state index in [0.29, 0.717) is 0 Å². The summed E-state index contributed by atoms with van der Waals surface area (Å²) in [7, 11) is 0. The Morgan fingerprint density at radius 2 is 0.672 bits per heavy atom. The summed E-state index contributed by atoms with van der Waals surface area (Å²) in [6.07, 6.45) is 0. The summed E-state index contributed by atoms with van der Waals surface area (Å²) in [6, 6.07) is 73.8. The fourth-order valence-corrected chi connectivity index (χ4v) is 8.91. The molecule has 0 N–H and O–H groups in total. The fraction of sp³-hybridized carbons (Fsp3) is 0.0182. The molecule has 0 radical (unpaired) electrons. The van der Waals surface area contributed by atoms with Gasteiger partial charge in [-0.05, 0) is 134 Å². The molecule has 0 fully saturated rings. The Morgan fingerprint density at radius 3 is 1.14 bits per heavy atom. The molecule has 2 aliphatic rings. The summed E-state index contributed by atoms with van der Waals surface area (Å²) >= 11 is 0. The van der Waals surface area contributed by atoms with Crippen LogP contribution in [0.2, 0.25) is 0 Å². The Hall–Kier alpha value is -7.36.